The van der Waals surface area contributed by atoms with Gasteiger partial charge in [-0.3, -0.25) is 0 Å². The molecule has 0 bridgehead atoms. The third-order valence-corrected chi connectivity index (χ3v) is 4.78. The molecule has 1 aliphatic heterocycles. The molecule has 1 aromatic rings. The lowest BCUT2D eigenvalue weighted by Gasteiger charge is -2.30. The minimum Gasteiger partial charge on any atom is -0.313 e. The molecule has 1 N–H and O–H groups in total. The van der Waals surface area contributed by atoms with E-state index in [1.165, 1.54) is 50.9 Å². The summed E-state index contributed by atoms with van der Waals surface area (Å²) < 4.78 is 0. The van der Waals surface area contributed by atoms with Crippen molar-refractivity contribution in [2.45, 2.75) is 57.9 Å². The van der Waals surface area contributed by atoms with Gasteiger partial charge in [-0.1, -0.05) is 50.6 Å². The van der Waals surface area contributed by atoms with E-state index in [1.807, 2.05) is 0 Å². The largest absolute Gasteiger partial charge is 0.313 e. The van der Waals surface area contributed by atoms with Crippen LogP contribution in [0.3, 0.4) is 0 Å². The van der Waals surface area contributed by atoms with Crippen molar-refractivity contribution >= 4 is 0 Å². The van der Waals surface area contributed by atoms with Crippen LogP contribution in [0.25, 0.3) is 0 Å². The molecule has 1 atom stereocenters. The maximum absolute atomic E-state index is 3.71. The highest BCUT2D eigenvalue weighted by atomic mass is 15.1. The summed E-state index contributed by atoms with van der Waals surface area (Å²) in [6.07, 6.45) is 5.37. The fourth-order valence-electron chi connectivity index (χ4n) is 3.26. The van der Waals surface area contributed by atoms with E-state index in [9.17, 15) is 0 Å². The van der Waals surface area contributed by atoms with E-state index < -0.39 is 0 Å². The standard InChI is InChI=1S/C19H32N2/c1-17(16-21-14-8-5-9-15-21)20-13-12-19(2,3)18-10-6-4-7-11-18/h4,6-7,10-11,17,20H,5,8-9,12-16H2,1-3H3. The molecular weight excluding hydrogens is 256 g/mol. The minimum absolute atomic E-state index is 0.249. The lowest BCUT2D eigenvalue weighted by atomic mass is 9.81. The quantitative estimate of drug-likeness (QED) is 0.820. The van der Waals surface area contributed by atoms with Crippen LogP contribution >= 0.6 is 0 Å². The molecule has 2 rings (SSSR count). The average molecular weight is 288 g/mol. The van der Waals surface area contributed by atoms with Crippen LogP contribution in [0.2, 0.25) is 0 Å². The van der Waals surface area contributed by atoms with Crippen molar-refractivity contribution in [1.82, 2.24) is 10.2 Å². The maximum Gasteiger partial charge on any atom is 0.0166 e. The Morgan fingerprint density at radius 1 is 1.10 bits per heavy atom. The monoisotopic (exact) mass is 288 g/mol. The molecular formula is C19H32N2. The second-order valence-corrected chi connectivity index (χ2v) is 7.22. The van der Waals surface area contributed by atoms with E-state index in [0.717, 1.165) is 6.54 Å². The van der Waals surface area contributed by atoms with Crippen molar-refractivity contribution in [3.8, 4) is 0 Å². The molecule has 1 aliphatic rings. The Morgan fingerprint density at radius 2 is 1.76 bits per heavy atom. The van der Waals surface area contributed by atoms with Crippen molar-refractivity contribution in [2.24, 2.45) is 0 Å². The topological polar surface area (TPSA) is 15.3 Å². The molecule has 1 fully saturated rings. The summed E-state index contributed by atoms with van der Waals surface area (Å²) in [5.41, 5.74) is 1.69. The van der Waals surface area contributed by atoms with Gasteiger partial charge in [0.25, 0.3) is 0 Å². The predicted octanol–water partition coefficient (Wildman–Crippen LogP) is 3.82. The molecule has 1 heterocycles. The molecule has 1 aromatic carbocycles. The molecule has 0 aliphatic carbocycles. The summed E-state index contributed by atoms with van der Waals surface area (Å²) in [6, 6.07) is 11.5. The number of likely N-dealkylation sites (tertiary alicyclic amines) is 1. The zero-order valence-electron chi connectivity index (χ0n) is 14.1. The number of hydrogen-bond donors (Lipinski definition) is 1. The van der Waals surface area contributed by atoms with E-state index in [1.54, 1.807) is 0 Å². The zero-order chi connectivity index (χ0) is 15.1. The first kappa shape index (κ1) is 16.5. The zero-order valence-corrected chi connectivity index (χ0v) is 14.1. The third-order valence-electron chi connectivity index (χ3n) is 4.78. The van der Waals surface area contributed by atoms with Crippen LogP contribution in [0.15, 0.2) is 30.3 Å². The Hall–Kier alpha value is -0.860. The second kappa shape index (κ2) is 7.95. The van der Waals surface area contributed by atoms with Gasteiger partial charge >= 0.3 is 0 Å². The van der Waals surface area contributed by atoms with Crippen molar-refractivity contribution in [1.29, 1.82) is 0 Å². The van der Waals surface area contributed by atoms with Gasteiger partial charge in [-0.05, 0) is 56.8 Å². The first-order chi connectivity index (χ1) is 10.1. The highest BCUT2D eigenvalue weighted by Gasteiger charge is 2.20. The number of piperidine rings is 1. The van der Waals surface area contributed by atoms with Gasteiger partial charge in [0.2, 0.25) is 0 Å². The summed E-state index contributed by atoms with van der Waals surface area (Å²) in [5.74, 6) is 0. The van der Waals surface area contributed by atoms with Crippen LogP contribution in [-0.4, -0.2) is 37.1 Å². The summed E-state index contributed by atoms with van der Waals surface area (Å²) in [6.45, 7) is 11.9. The minimum atomic E-state index is 0.249. The second-order valence-electron chi connectivity index (χ2n) is 7.22. The summed E-state index contributed by atoms with van der Waals surface area (Å²) >= 11 is 0. The van der Waals surface area contributed by atoms with Crippen molar-refractivity contribution in [2.75, 3.05) is 26.2 Å². The van der Waals surface area contributed by atoms with Crippen LogP contribution in [-0.2, 0) is 5.41 Å². The lowest BCUT2D eigenvalue weighted by Crippen LogP contribution is -2.42. The normalized spacial score (nSPS) is 18.6. The Bertz CT molecular complexity index is 393. The van der Waals surface area contributed by atoms with Gasteiger partial charge in [-0.2, -0.15) is 0 Å². The molecule has 0 saturated carbocycles. The Labute approximate surface area is 130 Å². The fraction of sp³-hybridized carbons (Fsp3) is 0.684. The highest BCUT2D eigenvalue weighted by molar-refractivity contribution is 5.23. The third kappa shape index (κ3) is 5.44. The van der Waals surface area contributed by atoms with Crippen LogP contribution < -0.4 is 5.32 Å². The van der Waals surface area contributed by atoms with Gasteiger partial charge in [-0.15, -0.1) is 0 Å². The van der Waals surface area contributed by atoms with Gasteiger partial charge in [0.15, 0.2) is 0 Å². The Kier molecular flexibility index (Phi) is 6.25. The van der Waals surface area contributed by atoms with Crippen LogP contribution in [0, 0.1) is 0 Å². The first-order valence-electron chi connectivity index (χ1n) is 8.59. The van der Waals surface area contributed by atoms with E-state index >= 15 is 0 Å². The maximum atomic E-state index is 3.71. The molecule has 0 aromatic heterocycles. The predicted molar refractivity (Wildman–Crippen MR) is 91.8 cm³/mol. The molecule has 118 valence electrons. The molecule has 1 unspecified atom stereocenters. The van der Waals surface area contributed by atoms with Crippen LogP contribution in [0.4, 0.5) is 0 Å². The SMILES string of the molecule is CC(CN1CCCCC1)NCCC(C)(C)c1ccccc1. The van der Waals surface area contributed by atoms with Gasteiger partial charge in [0.05, 0.1) is 0 Å². The molecule has 2 heteroatoms. The molecule has 1 saturated heterocycles. The van der Waals surface area contributed by atoms with E-state index in [2.05, 4.69) is 61.3 Å². The average Bonchev–Trinajstić information content (AvgIpc) is 2.49. The highest BCUT2D eigenvalue weighted by Crippen LogP contribution is 2.26. The number of nitrogens with one attached hydrogen (secondary N) is 1. The number of hydrogen-bond acceptors (Lipinski definition) is 2. The van der Waals surface area contributed by atoms with Crippen molar-refractivity contribution in [3.05, 3.63) is 35.9 Å². The van der Waals surface area contributed by atoms with Crippen LogP contribution in [0.5, 0.6) is 0 Å². The van der Waals surface area contributed by atoms with Gasteiger partial charge in [-0.25, -0.2) is 0 Å². The molecule has 2 nitrogen and oxygen atoms in total. The number of rotatable bonds is 7. The summed E-state index contributed by atoms with van der Waals surface area (Å²) in [4.78, 5) is 2.61. The summed E-state index contributed by atoms with van der Waals surface area (Å²) in [5, 5.41) is 3.71. The van der Waals surface area contributed by atoms with Crippen molar-refractivity contribution < 1.29 is 0 Å². The molecule has 0 spiro atoms. The smallest absolute Gasteiger partial charge is 0.0166 e. The fourth-order valence-corrected chi connectivity index (χ4v) is 3.26. The molecule has 21 heavy (non-hydrogen) atoms. The lowest BCUT2D eigenvalue weighted by molar-refractivity contribution is 0.208. The van der Waals surface area contributed by atoms with E-state index in [4.69, 9.17) is 0 Å². The number of nitrogens with zero attached hydrogens (tertiary/aromatic N) is 1. The van der Waals surface area contributed by atoms with Gasteiger partial charge < -0.3 is 10.2 Å². The van der Waals surface area contributed by atoms with Gasteiger partial charge in [0.1, 0.15) is 0 Å². The first-order valence-corrected chi connectivity index (χ1v) is 8.59. The van der Waals surface area contributed by atoms with Gasteiger partial charge in [0, 0.05) is 12.6 Å². The van der Waals surface area contributed by atoms with Crippen LogP contribution in [0.1, 0.15) is 52.0 Å². The number of benzene rings is 1. The Morgan fingerprint density at radius 3 is 2.43 bits per heavy atom. The molecule has 0 amide bonds. The Balaban J connectivity index is 1.70. The van der Waals surface area contributed by atoms with E-state index in [-0.39, 0.29) is 5.41 Å². The molecule has 0 radical (unpaired) electrons. The van der Waals surface area contributed by atoms with E-state index in [0.29, 0.717) is 6.04 Å². The summed E-state index contributed by atoms with van der Waals surface area (Å²) in [7, 11) is 0. The van der Waals surface area contributed by atoms with Crippen molar-refractivity contribution in [3.63, 3.8) is 0 Å².